The van der Waals surface area contributed by atoms with Gasteiger partial charge in [-0.05, 0) is 14.1 Å². The molecule has 0 aromatic heterocycles. The summed E-state index contributed by atoms with van der Waals surface area (Å²) in [5.74, 6) is 0. The van der Waals surface area contributed by atoms with Crippen LogP contribution in [0.4, 0.5) is 0 Å². The molecule has 0 aliphatic heterocycles. The summed E-state index contributed by atoms with van der Waals surface area (Å²) in [5, 5.41) is 0. The second-order valence-electron chi connectivity index (χ2n) is 1.34. The van der Waals surface area contributed by atoms with Gasteiger partial charge in [0.2, 0.25) is 0 Å². The van der Waals surface area contributed by atoms with E-state index in [2.05, 4.69) is 18.7 Å². The molecule has 0 bridgehead atoms. The molecule has 0 N–H and O–H groups in total. The summed E-state index contributed by atoms with van der Waals surface area (Å²) >= 11 is 0. The van der Waals surface area contributed by atoms with Crippen LogP contribution in [0.25, 0.3) is 0 Å². The van der Waals surface area contributed by atoms with Gasteiger partial charge in [0, 0.05) is 0 Å². The summed E-state index contributed by atoms with van der Waals surface area (Å²) < 4.78 is 2.14. The Labute approximate surface area is 54.4 Å². The molecule has 42 valence electrons. The zero-order valence-electron chi connectivity index (χ0n) is 4.26. The van der Waals surface area contributed by atoms with E-state index in [0.29, 0.717) is 0 Å². The van der Waals surface area contributed by atoms with E-state index >= 15 is 0 Å². The normalized spacial score (nSPS) is 6.50. The van der Waals surface area contributed by atoms with Crippen molar-refractivity contribution in [1.29, 1.82) is 0 Å². The minimum Gasteiger partial charge on any atom is -0.337 e. The Hall–Kier alpha value is 0.757. The third-order valence-electron chi connectivity index (χ3n) is 0. The molecular formula is C2H11Cl2NSi. The van der Waals surface area contributed by atoms with E-state index in [4.69, 9.17) is 0 Å². The predicted octanol–water partition coefficient (Wildman–Crippen LogP) is -0.328. The summed E-state index contributed by atoms with van der Waals surface area (Å²) in [6, 6.07) is 0. The third kappa shape index (κ3) is 117. The molecule has 0 rings (SSSR count). The van der Waals surface area contributed by atoms with Crippen LogP contribution in [0.15, 0.2) is 0 Å². The molecule has 0 aromatic carbocycles. The van der Waals surface area contributed by atoms with Crippen LogP contribution in [-0.2, 0) is 0 Å². The highest BCUT2D eigenvalue weighted by Crippen LogP contribution is 1.44. The summed E-state index contributed by atoms with van der Waals surface area (Å²) in [6.45, 7) is 0. The van der Waals surface area contributed by atoms with E-state index in [0.717, 1.165) is 0 Å². The van der Waals surface area contributed by atoms with Crippen molar-refractivity contribution in [3.05, 3.63) is 0 Å². The standard InChI is InChI=1S/C2H9NSi.2ClH/c1-3(2)4;;/h1-2,4H3;2*1H. The van der Waals surface area contributed by atoms with E-state index in [9.17, 15) is 0 Å². The van der Waals surface area contributed by atoms with E-state index in [1.165, 1.54) is 10.4 Å². The number of hydrogen-bond acceptors (Lipinski definition) is 1. The molecule has 0 aliphatic rings. The van der Waals surface area contributed by atoms with Gasteiger partial charge in [-0.15, -0.1) is 24.8 Å². The Balaban J connectivity index is -0.0000000450. The first-order chi connectivity index (χ1) is 1.73. The first-order valence-corrected chi connectivity index (χ1v) is 2.24. The maximum Gasteiger partial charge on any atom is 0.0777 e. The molecule has 6 heavy (non-hydrogen) atoms. The highest BCUT2D eigenvalue weighted by atomic mass is 35.5. The van der Waals surface area contributed by atoms with Crippen molar-refractivity contribution in [1.82, 2.24) is 4.57 Å². The molecule has 4 heteroatoms. The molecule has 0 heterocycles. The lowest BCUT2D eigenvalue weighted by Gasteiger charge is -1.90. The molecule has 0 saturated carbocycles. The number of halogens is 2. The van der Waals surface area contributed by atoms with Gasteiger partial charge < -0.3 is 4.57 Å². The molecule has 0 fully saturated rings. The van der Waals surface area contributed by atoms with Crippen LogP contribution in [0, 0.1) is 0 Å². The summed E-state index contributed by atoms with van der Waals surface area (Å²) in [7, 11) is 5.31. The van der Waals surface area contributed by atoms with Crippen LogP contribution in [0.2, 0.25) is 0 Å². The fourth-order valence-corrected chi connectivity index (χ4v) is 0. The van der Waals surface area contributed by atoms with Gasteiger partial charge in [-0.2, -0.15) is 0 Å². The largest absolute Gasteiger partial charge is 0.337 e. The highest BCUT2D eigenvalue weighted by molar-refractivity contribution is 6.03. The van der Waals surface area contributed by atoms with Crippen LogP contribution in [0.3, 0.4) is 0 Å². The Morgan fingerprint density at radius 1 is 1.17 bits per heavy atom. The predicted molar refractivity (Wildman–Crippen MR) is 38.1 cm³/mol. The molecule has 0 radical (unpaired) electrons. The second kappa shape index (κ2) is 9.23. The number of hydrogen-bond donors (Lipinski definition) is 0. The van der Waals surface area contributed by atoms with Crippen molar-refractivity contribution >= 4 is 35.2 Å². The van der Waals surface area contributed by atoms with Crippen molar-refractivity contribution in [3.8, 4) is 0 Å². The van der Waals surface area contributed by atoms with Gasteiger partial charge in [-0.25, -0.2) is 0 Å². The molecule has 1 nitrogen and oxygen atoms in total. The first kappa shape index (κ1) is 15.9. The van der Waals surface area contributed by atoms with Gasteiger partial charge in [-0.3, -0.25) is 0 Å². The maximum absolute atomic E-state index is 2.14. The van der Waals surface area contributed by atoms with Crippen LogP contribution in [-0.4, -0.2) is 29.1 Å². The highest BCUT2D eigenvalue weighted by Gasteiger charge is 1.58. The molecule has 0 aliphatic carbocycles. The van der Waals surface area contributed by atoms with Gasteiger partial charge in [-0.1, -0.05) is 0 Å². The molecular weight excluding hydrogens is 137 g/mol. The monoisotopic (exact) mass is 147 g/mol. The summed E-state index contributed by atoms with van der Waals surface area (Å²) in [4.78, 5) is 0. The van der Waals surface area contributed by atoms with E-state index in [1.54, 1.807) is 0 Å². The Bertz CT molecular complexity index is 16.3. The Morgan fingerprint density at radius 2 is 1.17 bits per heavy atom. The zero-order valence-corrected chi connectivity index (χ0v) is 7.90. The van der Waals surface area contributed by atoms with Crippen LogP contribution in [0.1, 0.15) is 0 Å². The molecule has 0 spiro atoms. The maximum atomic E-state index is 2.14. The van der Waals surface area contributed by atoms with E-state index in [1.807, 2.05) is 0 Å². The lowest BCUT2D eigenvalue weighted by atomic mass is 11.3. The number of nitrogens with zero attached hydrogens (tertiary/aromatic N) is 1. The molecule has 0 saturated heterocycles. The summed E-state index contributed by atoms with van der Waals surface area (Å²) in [6.07, 6.45) is 0. The third-order valence-corrected chi connectivity index (χ3v) is 0. The molecule has 0 aromatic rings. The Kier molecular flexibility index (Phi) is 24.4. The second-order valence-corrected chi connectivity index (χ2v) is 3.13. The number of rotatable bonds is 0. The topological polar surface area (TPSA) is 3.24 Å². The Morgan fingerprint density at radius 3 is 1.17 bits per heavy atom. The average molecular weight is 148 g/mol. The van der Waals surface area contributed by atoms with Crippen molar-refractivity contribution < 1.29 is 0 Å². The van der Waals surface area contributed by atoms with Gasteiger partial charge in [0.1, 0.15) is 0 Å². The lowest BCUT2D eigenvalue weighted by Crippen LogP contribution is -2.02. The fourth-order valence-electron chi connectivity index (χ4n) is 0. The van der Waals surface area contributed by atoms with E-state index in [-0.39, 0.29) is 24.8 Å². The van der Waals surface area contributed by atoms with Crippen molar-refractivity contribution in [3.63, 3.8) is 0 Å². The molecule has 0 unspecified atom stereocenters. The SMILES string of the molecule is CN(C)[SiH3].Cl.Cl. The smallest absolute Gasteiger partial charge is 0.0777 e. The van der Waals surface area contributed by atoms with Crippen molar-refractivity contribution in [2.45, 2.75) is 0 Å². The minimum absolute atomic E-state index is 0. The van der Waals surface area contributed by atoms with Gasteiger partial charge in [0.25, 0.3) is 0 Å². The van der Waals surface area contributed by atoms with Gasteiger partial charge in [0.15, 0.2) is 0 Å². The molecule has 0 amide bonds. The van der Waals surface area contributed by atoms with Gasteiger partial charge >= 0.3 is 0 Å². The minimum atomic E-state index is 0. The lowest BCUT2D eigenvalue weighted by molar-refractivity contribution is 0.679. The van der Waals surface area contributed by atoms with Crippen LogP contribution < -0.4 is 0 Å². The van der Waals surface area contributed by atoms with Crippen molar-refractivity contribution in [2.24, 2.45) is 0 Å². The van der Waals surface area contributed by atoms with Crippen molar-refractivity contribution in [2.75, 3.05) is 14.1 Å². The quantitative estimate of drug-likeness (QED) is 0.425. The fraction of sp³-hybridized carbons (Fsp3) is 1.00. The summed E-state index contributed by atoms with van der Waals surface area (Å²) in [5.41, 5.74) is 0. The average Bonchev–Trinajstić information content (AvgIpc) is 0.811. The first-order valence-electron chi connectivity index (χ1n) is 1.34. The van der Waals surface area contributed by atoms with Crippen LogP contribution in [0.5, 0.6) is 0 Å². The van der Waals surface area contributed by atoms with Crippen LogP contribution >= 0.6 is 24.8 Å². The van der Waals surface area contributed by atoms with Gasteiger partial charge in [0.05, 0.1) is 10.4 Å². The van der Waals surface area contributed by atoms with E-state index < -0.39 is 0 Å². The zero-order chi connectivity index (χ0) is 3.58. The molecule has 0 atom stereocenters.